The predicted molar refractivity (Wildman–Crippen MR) is 308 cm³/mol. The van der Waals surface area contributed by atoms with Crippen LogP contribution in [0.5, 0.6) is 10.4 Å². The molecule has 0 radical (unpaired) electrons. The van der Waals surface area contributed by atoms with Crippen molar-refractivity contribution in [1.82, 2.24) is 68.2 Å². The van der Waals surface area contributed by atoms with Gasteiger partial charge in [0.2, 0.25) is 0 Å². The molecular formula is C56H52F4N16O4S2. The van der Waals surface area contributed by atoms with Crippen molar-refractivity contribution >= 4 is 67.7 Å². The van der Waals surface area contributed by atoms with Crippen molar-refractivity contribution in [3.05, 3.63) is 166 Å². The van der Waals surface area contributed by atoms with E-state index in [0.717, 1.165) is 21.2 Å². The molecule has 12 aromatic rings. The van der Waals surface area contributed by atoms with E-state index >= 15 is 0 Å². The lowest BCUT2D eigenvalue weighted by Crippen LogP contribution is -2.23. The first-order chi connectivity index (χ1) is 38.4. The molecule has 2 atom stereocenters. The Hall–Kier alpha value is -9.56. The number of hydrogen-bond acceptors (Lipinski definition) is 18. The second-order valence-electron chi connectivity index (χ2n) is 18.7. The molecule has 0 amide bonds. The first-order valence-corrected chi connectivity index (χ1v) is 26.2. The highest BCUT2D eigenvalue weighted by atomic mass is 32.1. The van der Waals surface area contributed by atoms with Gasteiger partial charge >= 0.3 is 0 Å². The van der Waals surface area contributed by atoms with Gasteiger partial charge in [-0.3, -0.25) is 18.4 Å². The third-order valence-electron chi connectivity index (χ3n) is 12.5. The predicted octanol–water partition coefficient (Wildman–Crippen LogP) is 11.0. The topological polar surface area (TPSA) is 252 Å². The summed E-state index contributed by atoms with van der Waals surface area (Å²) in [6.45, 7) is 11.2. The molecule has 12 rings (SSSR count). The van der Waals surface area contributed by atoms with Gasteiger partial charge in [0.15, 0.2) is 11.3 Å². The van der Waals surface area contributed by atoms with Crippen LogP contribution < -0.4 is 32.1 Å². The summed E-state index contributed by atoms with van der Waals surface area (Å²) in [4.78, 5) is 64.1. The number of ether oxygens (including phenoxy) is 2. The van der Waals surface area contributed by atoms with E-state index in [1.54, 1.807) is 47.7 Å². The molecule has 10 aromatic heterocycles. The number of rotatable bonds is 12. The fraction of sp³-hybridized carbons (Fsp3) is 0.214. The molecular weight excluding hydrogens is 1100 g/mol. The Labute approximate surface area is 472 Å². The quantitative estimate of drug-likeness (QED) is 0.108. The average Bonchev–Trinajstić information content (AvgIpc) is 4.40. The molecule has 0 bridgehead atoms. The third kappa shape index (κ3) is 10.7. The van der Waals surface area contributed by atoms with Crippen molar-refractivity contribution < 1.29 is 27.0 Å². The van der Waals surface area contributed by atoms with Gasteiger partial charge in [-0.15, -0.1) is 0 Å². The number of nitrogens with zero attached hydrogens (tertiary/aromatic N) is 14. The monoisotopic (exact) mass is 1150 g/mol. The number of hydrogen-bond donors (Lipinski definition) is 2. The van der Waals surface area contributed by atoms with Crippen LogP contribution >= 0.6 is 22.7 Å². The van der Waals surface area contributed by atoms with Crippen LogP contribution in [-0.2, 0) is 0 Å². The fourth-order valence-electron chi connectivity index (χ4n) is 9.05. The van der Waals surface area contributed by atoms with Gasteiger partial charge in [0.05, 0.1) is 79.7 Å². The molecule has 0 aliphatic heterocycles. The Kier molecular flexibility index (Phi) is 16.0. The molecule has 4 N–H and O–H groups in total. The summed E-state index contributed by atoms with van der Waals surface area (Å²) in [5.41, 5.74) is 15.1. The Bertz CT molecular complexity index is 4220. The standard InChI is InChI=1S/2C27H22F2N8O2S.2CH4/c2*1-13(2)39-27-31-10-18(40-27)23-21-24(30)32-12-33-25(21)37(35-23)14(3)22-20(15-5-4-6-16(28)9-15)26(38)36-11-17(29)7-8-19(36)34-22;;/h2*4-14H,1-3H3,(H2,30,32,33);2*1H4/t2*14-;;/m10../s1. The van der Waals surface area contributed by atoms with E-state index in [0.29, 0.717) is 76.1 Å². The number of anilines is 2. The van der Waals surface area contributed by atoms with Crippen LogP contribution in [0, 0.1) is 23.3 Å². The third-order valence-corrected chi connectivity index (χ3v) is 14.3. The molecule has 420 valence electrons. The van der Waals surface area contributed by atoms with E-state index in [9.17, 15) is 27.2 Å². The number of halogens is 4. The SMILES string of the molecule is C.C.CC(C)Oc1ncc(-c2nn([C@@H](C)c3nc4ccc(F)cn4c(=O)c3-c3cccc(F)c3)c3ncnc(N)c23)s1.CC(C)Oc1ncc(-c2nn([C@H](C)c3nc4ccc(F)cn4c(=O)c3-c3cccc(F)c3)c3ncnc(N)c23)s1. The average molecular weight is 1150 g/mol. The molecule has 20 nitrogen and oxygen atoms in total. The minimum atomic E-state index is -0.689. The molecule has 0 unspecified atom stereocenters. The van der Waals surface area contributed by atoms with Crippen molar-refractivity contribution in [3.8, 4) is 53.8 Å². The smallest absolute Gasteiger partial charge is 0.274 e. The maximum Gasteiger partial charge on any atom is 0.274 e. The number of aromatic nitrogens is 14. The molecule has 0 aliphatic carbocycles. The molecule has 0 spiro atoms. The minimum absolute atomic E-state index is 0. The Morgan fingerprint density at radius 2 is 0.927 bits per heavy atom. The van der Waals surface area contributed by atoms with Crippen molar-refractivity contribution in [2.24, 2.45) is 0 Å². The number of nitrogen functional groups attached to an aromatic ring is 2. The maximum absolute atomic E-state index is 14.3. The molecule has 0 aliphatic rings. The van der Waals surface area contributed by atoms with Gasteiger partial charge in [-0.05, 0) is 101 Å². The van der Waals surface area contributed by atoms with Crippen molar-refractivity contribution in [2.75, 3.05) is 11.5 Å². The number of fused-ring (bicyclic) bond motifs is 4. The van der Waals surface area contributed by atoms with E-state index < -0.39 is 46.5 Å². The van der Waals surface area contributed by atoms with Gasteiger partial charge in [-0.2, -0.15) is 10.2 Å². The van der Waals surface area contributed by atoms with Gasteiger partial charge in [0.25, 0.3) is 21.5 Å². The second-order valence-corrected chi connectivity index (χ2v) is 20.7. The van der Waals surface area contributed by atoms with Crippen LogP contribution in [0.3, 0.4) is 0 Å². The fourth-order valence-corrected chi connectivity index (χ4v) is 10.8. The van der Waals surface area contributed by atoms with E-state index in [2.05, 4.69) is 29.9 Å². The van der Waals surface area contributed by atoms with Crippen molar-refractivity contribution in [2.45, 2.75) is 80.7 Å². The highest BCUT2D eigenvalue weighted by Crippen LogP contribution is 2.40. The number of pyridine rings is 2. The summed E-state index contributed by atoms with van der Waals surface area (Å²) >= 11 is 2.60. The minimum Gasteiger partial charge on any atom is -0.467 e. The molecule has 82 heavy (non-hydrogen) atoms. The summed E-state index contributed by atoms with van der Waals surface area (Å²) in [7, 11) is 0. The second kappa shape index (κ2) is 22.9. The van der Waals surface area contributed by atoms with Crippen LogP contribution in [0.4, 0.5) is 29.2 Å². The molecule has 10 heterocycles. The maximum atomic E-state index is 14.3. The first kappa shape index (κ1) is 57.1. The molecule has 0 saturated carbocycles. The van der Waals surface area contributed by atoms with Crippen molar-refractivity contribution in [1.29, 1.82) is 0 Å². The van der Waals surface area contributed by atoms with Crippen LogP contribution in [0.2, 0.25) is 0 Å². The van der Waals surface area contributed by atoms with Crippen LogP contribution in [0.15, 0.2) is 120 Å². The van der Waals surface area contributed by atoms with E-state index in [-0.39, 0.29) is 61.1 Å². The Morgan fingerprint density at radius 1 is 0.524 bits per heavy atom. The summed E-state index contributed by atoms with van der Waals surface area (Å²) < 4.78 is 73.6. The van der Waals surface area contributed by atoms with Crippen molar-refractivity contribution in [3.63, 3.8) is 0 Å². The lowest BCUT2D eigenvalue weighted by atomic mass is 10.0. The first-order valence-electron chi connectivity index (χ1n) is 24.6. The lowest BCUT2D eigenvalue weighted by molar-refractivity contribution is 0.241. The summed E-state index contributed by atoms with van der Waals surface area (Å²) in [5, 5.41) is 11.6. The Balaban J connectivity index is 0.000000193. The highest BCUT2D eigenvalue weighted by Gasteiger charge is 2.30. The molecule has 0 fully saturated rings. The highest BCUT2D eigenvalue weighted by molar-refractivity contribution is 7.17. The van der Waals surface area contributed by atoms with Crippen LogP contribution in [-0.4, -0.2) is 80.4 Å². The zero-order chi connectivity index (χ0) is 56.3. The van der Waals surface area contributed by atoms with Gasteiger partial charge < -0.3 is 20.9 Å². The number of thiazole rings is 2. The Morgan fingerprint density at radius 3 is 1.30 bits per heavy atom. The summed E-state index contributed by atoms with van der Waals surface area (Å²) in [5.74, 6) is -1.85. The largest absolute Gasteiger partial charge is 0.467 e. The van der Waals surface area contributed by atoms with Gasteiger partial charge in [0, 0.05) is 12.4 Å². The number of benzene rings is 2. The zero-order valence-corrected chi connectivity index (χ0v) is 44.7. The lowest BCUT2D eigenvalue weighted by Gasteiger charge is -2.18. The van der Waals surface area contributed by atoms with E-state index in [1.807, 2.05) is 27.7 Å². The van der Waals surface area contributed by atoms with Crippen LogP contribution in [0.25, 0.3) is 76.8 Å². The normalized spacial score (nSPS) is 12.1. The molecule has 26 heteroatoms. The summed E-state index contributed by atoms with van der Waals surface area (Å²) in [6.07, 6.45) is 7.91. The zero-order valence-electron chi connectivity index (χ0n) is 43.1. The molecule has 2 aromatic carbocycles. The van der Waals surface area contributed by atoms with E-state index in [1.165, 1.54) is 96.0 Å². The number of nitrogens with two attached hydrogens (primary N) is 2. The molecule has 0 saturated heterocycles. The summed E-state index contributed by atoms with van der Waals surface area (Å²) in [6, 6.07) is 15.1. The van der Waals surface area contributed by atoms with E-state index in [4.69, 9.17) is 41.1 Å². The van der Waals surface area contributed by atoms with Gasteiger partial charge in [-0.25, -0.2) is 66.8 Å². The van der Waals surface area contributed by atoms with Gasteiger partial charge in [-0.1, -0.05) is 61.8 Å². The van der Waals surface area contributed by atoms with Gasteiger partial charge in [0.1, 0.15) is 70.2 Å². The van der Waals surface area contributed by atoms with Crippen LogP contribution in [0.1, 0.15) is 79.9 Å².